The fourth-order valence-corrected chi connectivity index (χ4v) is 4.89. The summed E-state index contributed by atoms with van der Waals surface area (Å²) in [6, 6.07) is 9.06. The van der Waals surface area contributed by atoms with Gasteiger partial charge in [0.1, 0.15) is 0 Å². The van der Waals surface area contributed by atoms with Crippen molar-refractivity contribution in [2.24, 2.45) is 10.9 Å². The van der Waals surface area contributed by atoms with Gasteiger partial charge in [0.05, 0.1) is 6.04 Å². The lowest BCUT2D eigenvalue weighted by Crippen LogP contribution is -2.52. The van der Waals surface area contributed by atoms with E-state index in [9.17, 15) is 4.79 Å². The van der Waals surface area contributed by atoms with E-state index in [0.29, 0.717) is 11.8 Å². The first-order valence-corrected chi connectivity index (χ1v) is 12.5. The van der Waals surface area contributed by atoms with Crippen LogP contribution in [0.5, 0.6) is 0 Å². The Morgan fingerprint density at radius 1 is 1.09 bits per heavy atom. The van der Waals surface area contributed by atoms with Gasteiger partial charge < -0.3 is 20.4 Å². The van der Waals surface area contributed by atoms with E-state index in [4.69, 9.17) is 0 Å². The Morgan fingerprint density at radius 3 is 2.50 bits per heavy atom. The van der Waals surface area contributed by atoms with Crippen LogP contribution in [0.2, 0.25) is 0 Å². The molecule has 2 saturated heterocycles. The maximum atomic E-state index is 12.4. The van der Waals surface area contributed by atoms with Gasteiger partial charge in [0.15, 0.2) is 5.96 Å². The standard InChI is InChI=1S/C25H40N6O/c1-20(22-9-6-10-23(19-22)30-12-3-4-13-30)28-25(26-2)27-11-14-29-15-17-31(18-16-29)24(32)21-7-5-8-21/h6,9-10,19-21H,3-5,7-8,11-18H2,1-2H3,(H2,26,27,28). The van der Waals surface area contributed by atoms with Crippen LogP contribution in [0.15, 0.2) is 29.3 Å². The van der Waals surface area contributed by atoms with Gasteiger partial charge in [0.2, 0.25) is 5.91 Å². The summed E-state index contributed by atoms with van der Waals surface area (Å²) >= 11 is 0. The molecule has 32 heavy (non-hydrogen) atoms. The second-order valence-electron chi connectivity index (χ2n) is 9.45. The summed E-state index contributed by atoms with van der Waals surface area (Å²) in [5.74, 6) is 1.54. The quantitative estimate of drug-likeness (QED) is 0.504. The summed E-state index contributed by atoms with van der Waals surface area (Å²) in [6.07, 6.45) is 5.99. The Hall–Kier alpha value is -2.28. The van der Waals surface area contributed by atoms with Crippen LogP contribution in [0.25, 0.3) is 0 Å². The number of piperazine rings is 1. The molecule has 176 valence electrons. The van der Waals surface area contributed by atoms with E-state index >= 15 is 0 Å². The number of benzene rings is 1. The van der Waals surface area contributed by atoms with E-state index in [-0.39, 0.29) is 6.04 Å². The molecule has 3 aliphatic rings. The second kappa shape index (κ2) is 11.0. The van der Waals surface area contributed by atoms with Gasteiger partial charge >= 0.3 is 0 Å². The number of carbonyl (C=O) groups excluding carboxylic acids is 1. The summed E-state index contributed by atoms with van der Waals surface area (Å²) < 4.78 is 0. The summed E-state index contributed by atoms with van der Waals surface area (Å²) in [4.78, 5) is 23.8. The molecule has 2 N–H and O–H groups in total. The highest BCUT2D eigenvalue weighted by atomic mass is 16.2. The number of hydrogen-bond donors (Lipinski definition) is 2. The van der Waals surface area contributed by atoms with Crippen LogP contribution in [0.4, 0.5) is 5.69 Å². The topological polar surface area (TPSA) is 63.2 Å². The average Bonchev–Trinajstić information content (AvgIpc) is 3.33. The van der Waals surface area contributed by atoms with Crippen LogP contribution >= 0.6 is 0 Å². The number of guanidine groups is 1. The first-order valence-electron chi connectivity index (χ1n) is 12.5. The molecular formula is C25H40N6O. The van der Waals surface area contributed by atoms with Crippen molar-refractivity contribution in [2.75, 3.05) is 64.3 Å². The molecule has 1 aliphatic carbocycles. The molecule has 1 atom stereocenters. The fraction of sp³-hybridized carbons (Fsp3) is 0.680. The molecule has 0 spiro atoms. The van der Waals surface area contributed by atoms with Gasteiger partial charge in [0.25, 0.3) is 0 Å². The Bertz CT molecular complexity index is 778. The molecule has 1 aromatic rings. The molecule has 0 aromatic heterocycles. The second-order valence-corrected chi connectivity index (χ2v) is 9.45. The zero-order valence-corrected chi connectivity index (χ0v) is 19.9. The number of nitrogens with zero attached hydrogens (tertiary/aromatic N) is 4. The number of nitrogens with one attached hydrogen (secondary N) is 2. The van der Waals surface area contributed by atoms with Gasteiger partial charge in [-0.05, 0) is 50.3 Å². The van der Waals surface area contributed by atoms with Gasteiger partial charge in [-0.2, -0.15) is 0 Å². The Kier molecular flexibility index (Phi) is 7.90. The Morgan fingerprint density at radius 2 is 1.84 bits per heavy atom. The first-order chi connectivity index (χ1) is 15.6. The highest BCUT2D eigenvalue weighted by Gasteiger charge is 2.31. The molecule has 7 heteroatoms. The minimum Gasteiger partial charge on any atom is -0.372 e. The number of amides is 1. The van der Waals surface area contributed by atoms with Crippen LogP contribution in [0.3, 0.4) is 0 Å². The molecular weight excluding hydrogens is 400 g/mol. The highest BCUT2D eigenvalue weighted by molar-refractivity contribution is 5.80. The van der Waals surface area contributed by atoms with Crippen LogP contribution in [0.1, 0.15) is 50.6 Å². The van der Waals surface area contributed by atoms with Crippen molar-refractivity contribution in [1.82, 2.24) is 20.4 Å². The summed E-state index contributed by atoms with van der Waals surface area (Å²) in [7, 11) is 1.83. The monoisotopic (exact) mass is 440 g/mol. The smallest absolute Gasteiger partial charge is 0.225 e. The van der Waals surface area contributed by atoms with Gasteiger partial charge in [-0.1, -0.05) is 18.6 Å². The van der Waals surface area contributed by atoms with Crippen molar-refractivity contribution < 1.29 is 4.79 Å². The average molecular weight is 441 g/mol. The van der Waals surface area contributed by atoms with Crippen molar-refractivity contribution in [3.05, 3.63) is 29.8 Å². The predicted molar refractivity (Wildman–Crippen MR) is 131 cm³/mol. The Balaban J connectivity index is 1.18. The van der Waals surface area contributed by atoms with Crippen LogP contribution in [0, 0.1) is 5.92 Å². The van der Waals surface area contributed by atoms with Gasteiger partial charge in [-0.15, -0.1) is 0 Å². The minimum atomic E-state index is 0.185. The molecule has 1 unspecified atom stereocenters. The molecule has 3 fully saturated rings. The SMILES string of the molecule is CN=C(NCCN1CCN(C(=O)C2CCC2)CC1)NC(C)c1cccc(N2CCCC2)c1. The van der Waals surface area contributed by atoms with Gasteiger partial charge in [-0.25, -0.2) is 0 Å². The fourth-order valence-electron chi connectivity index (χ4n) is 4.89. The highest BCUT2D eigenvalue weighted by Crippen LogP contribution is 2.28. The zero-order valence-electron chi connectivity index (χ0n) is 19.9. The summed E-state index contributed by atoms with van der Waals surface area (Å²) in [5, 5.41) is 7.00. The first kappa shape index (κ1) is 22.9. The van der Waals surface area contributed by atoms with Gasteiger partial charge in [-0.3, -0.25) is 14.7 Å². The molecule has 1 amide bonds. The summed E-state index contributed by atoms with van der Waals surface area (Å²) in [6.45, 7) is 9.99. The molecule has 1 aromatic carbocycles. The van der Waals surface area contributed by atoms with E-state index in [0.717, 1.165) is 71.2 Å². The van der Waals surface area contributed by atoms with E-state index in [1.54, 1.807) is 0 Å². The van der Waals surface area contributed by atoms with E-state index in [1.165, 1.54) is 30.5 Å². The molecule has 1 saturated carbocycles. The molecule has 0 bridgehead atoms. The van der Waals surface area contributed by atoms with Gasteiger partial charge in [0, 0.05) is 71.0 Å². The minimum absolute atomic E-state index is 0.185. The third kappa shape index (κ3) is 5.74. The van der Waals surface area contributed by atoms with E-state index in [2.05, 4.69) is 61.5 Å². The molecule has 7 nitrogen and oxygen atoms in total. The number of rotatable bonds is 7. The Labute approximate surface area is 193 Å². The zero-order chi connectivity index (χ0) is 22.3. The van der Waals surface area contributed by atoms with Crippen LogP contribution in [-0.4, -0.2) is 81.1 Å². The molecule has 4 rings (SSSR count). The van der Waals surface area contributed by atoms with Crippen molar-refractivity contribution in [2.45, 2.75) is 45.1 Å². The van der Waals surface area contributed by atoms with Crippen LogP contribution < -0.4 is 15.5 Å². The third-order valence-corrected chi connectivity index (χ3v) is 7.28. The lowest BCUT2D eigenvalue weighted by atomic mass is 9.84. The van der Waals surface area contributed by atoms with Crippen LogP contribution in [-0.2, 0) is 4.79 Å². The lowest BCUT2D eigenvalue weighted by Gasteiger charge is -2.38. The van der Waals surface area contributed by atoms with Crippen molar-refractivity contribution in [3.8, 4) is 0 Å². The third-order valence-electron chi connectivity index (χ3n) is 7.28. The maximum absolute atomic E-state index is 12.4. The number of carbonyl (C=O) groups is 1. The van der Waals surface area contributed by atoms with Crippen molar-refractivity contribution in [1.29, 1.82) is 0 Å². The normalized spacial score (nSPS) is 21.4. The summed E-state index contributed by atoms with van der Waals surface area (Å²) in [5.41, 5.74) is 2.61. The predicted octanol–water partition coefficient (Wildman–Crippen LogP) is 2.46. The van der Waals surface area contributed by atoms with Crippen molar-refractivity contribution in [3.63, 3.8) is 0 Å². The van der Waals surface area contributed by atoms with Crippen molar-refractivity contribution >= 4 is 17.6 Å². The largest absolute Gasteiger partial charge is 0.372 e. The molecule has 0 radical (unpaired) electrons. The molecule has 2 aliphatic heterocycles. The maximum Gasteiger partial charge on any atom is 0.225 e. The number of aliphatic imine (C=N–C) groups is 1. The lowest BCUT2D eigenvalue weighted by molar-refractivity contribution is -0.139. The van der Waals surface area contributed by atoms with E-state index in [1.807, 2.05) is 7.05 Å². The molecule has 2 heterocycles. The number of hydrogen-bond acceptors (Lipinski definition) is 4. The van der Waals surface area contributed by atoms with E-state index < -0.39 is 0 Å². The number of anilines is 1.